The predicted octanol–water partition coefficient (Wildman–Crippen LogP) is 6.66. The fourth-order valence-electron chi connectivity index (χ4n) is 3.33. The van der Waals surface area contributed by atoms with Crippen molar-refractivity contribution < 1.29 is 0 Å². The number of halogens is 2. The normalized spacial score (nSPS) is 16.7. The third-order valence-electron chi connectivity index (χ3n) is 4.76. The highest BCUT2D eigenvalue weighted by atomic mass is 35.5. The van der Waals surface area contributed by atoms with Crippen molar-refractivity contribution in [3.8, 4) is 0 Å². The van der Waals surface area contributed by atoms with E-state index in [0.717, 1.165) is 39.0 Å². The van der Waals surface area contributed by atoms with E-state index in [-0.39, 0.29) is 6.04 Å². The van der Waals surface area contributed by atoms with Gasteiger partial charge in [-0.15, -0.1) is 0 Å². The number of hydrazone groups is 1. The summed E-state index contributed by atoms with van der Waals surface area (Å²) >= 11 is 12.5. The number of benzene rings is 3. The van der Waals surface area contributed by atoms with Crippen molar-refractivity contribution in [1.29, 1.82) is 0 Å². The van der Waals surface area contributed by atoms with Gasteiger partial charge in [0.25, 0.3) is 0 Å². The lowest BCUT2D eigenvalue weighted by atomic mass is 9.98. The van der Waals surface area contributed by atoms with Gasteiger partial charge in [0, 0.05) is 16.5 Å². The van der Waals surface area contributed by atoms with Crippen molar-refractivity contribution in [3.63, 3.8) is 0 Å². The monoisotopic (exact) mass is 380 g/mol. The third kappa shape index (κ3) is 3.23. The number of anilines is 1. The molecule has 0 spiro atoms. The van der Waals surface area contributed by atoms with E-state index in [0.29, 0.717) is 0 Å². The molecule has 1 unspecified atom stereocenters. The van der Waals surface area contributed by atoms with Crippen LogP contribution < -0.4 is 5.01 Å². The Morgan fingerprint density at radius 2 is 1.62 bits per heavy atom. The Bertz CT molecular complexity index is 950. The van der Waals surface area contributed by atoms with Crippen molar-refractivity contribution >= 4 is 34.6 Å². The van der Waals surface area contributed by atoms with E-state index in [2.05, 4.69) is 35.3 Å². The van der Waals surface area contributed by atoms with Crippen LogP contribution in [0.4, 0.5) is 5.69 Å². The Balaban J connectivity index is 1.80. The van der Waals surface area contributed by atoms with Crippen LogP contribution in [0.1, 0.15) is 29.2 Å². The summed E-state index contributed by atoms with van der Waals surface area (Å²) < 4.78 is 0. The van der Waals surface area contributed by atoms with Crippen LogP contribution in [0, 0.1) is 6.92 Å². The van der Waals surface area contributed by atoms with Crippen LogP contribution in [-0.4, -0.2) is 5.71 Å². The first-order valence-electron chi connectivity index (χ1n) is 8.56. The van der Waals surface area contributed by atoms with Gasteiger partial charge in [0.05, 0.1) is 17.4 Å². The molecule has 4 heteroatoms. The van der Waals surface area contributed by atoms with Crippen LogP contribution in [0.5, 0.6) is 0 Å². The van der Waals surface area contributed by atoms with E-state index in [1.807, 2.05) is 49.4 Å². The lowest BCUT2D eigenvalue weighted by molar-refractivity contribution is 0.707. The minimum absolute atomic E-state index is 0.111. The van der Waals surface area contributed by atoms with Crippen molar-refractivity contribution in [2.45, 2.75) is 19.4 Å². The number of rotatable bonds is 3. The first-order valence-corrected chi connectivity index (χ1v) is 9.32. The molecule has 2 nitrogen and oxygen atoms in total. The molecule has 0 bridgehead atoms. The average Bonchev–Trinajstić information content (AvgIpc) is 3.10. The molecule has 130 valence electrons. The summed E-state index contributed by atoms with van der Waals surface area (Å²) in [6, 6.07) is 24.4. The minimum atomic E-state index is 0.111. The zero-order chi connectivity index (χ0) is 18.1. The number of nitrogens with zero attached hydrogens (tertiary/aromatic N) is 2. The van der Waals surface area contributed by atoms with Crippen molar-refractivity contribution in [2.24, 2.45) is 5.10 Å². The molecule has 0 N–H and O–H groups in total. The number of hydrogen-bond acceptors (Lipinski definition) is 2. The summed E-state index contributed by atoms with van der Waals surface area (Å²) in [5.41, 5.74) is 5.47. The second-order valence-corrected chi connectivity index (χ2v) is 7.26. The quantitative estimate of drug-likeness (QED) is 0.495. The first kappa shape index (κ1) is 17.1. The van der Waals surface area contributed by atoms with E-state index in [1.54, 1.807) is 0 Å². The summed E-state index contributed by atoms with van der Waals surface area (Å²) in [4.78, 5) is 0. The summed E-state index contributed by atoms with van der Waals surface area (Å²) in [5.74, 6) is 0. The first-order chi connectivity index (χ1) is 12.6. The molecule has 26 heavy (non-hydrogen) atoms. The molecule has 0 fully saturated rings. The predicted molar refractivity (Wildman–Crippen MR) is 110 cm³/mol. The van der Waals surface area contributed by atoms with E-state index in [4.69, 9.17) is 28.3 Å². The van der Waals surface area contributed by atoms with Crippen LogP contribution in [0.3, 0.4) is 0 Å². The van der Waals surface area contributed by atoms with Crippen LogP contribution in [0.15, 0.2) is 77.9 Å². The molecule has 0 saturated heterocycles. The van der Waals surface area contributed by atoms with Gasteiger partial charge in [0.1, 0.15) is 0 Å². The van der Waals surface area contributed by atoms with Crippen LogP contribution in [0.2, 0.25) is 10.0 Å². The molecule has 1 aliphatic heterocycles. The molecule has 1 aliphatic rings. The van der Waals surface area contributed by atoms with E-state index in [9.17, 15) is 0 Å². The highest BCUT2D eigenvalue weighted by Crippen LogP contribution is 2.39. The second-order valence-electron chi connectivity index (χ2n) is 6.41. The molecule has 3 aromatic rings. The molecular weight excluding hydrogens is 363 g/mol. The Hall–Kier alpha value is -2.29. The Morgan fingerprint density at radius 3 is 2.35 bits per heavy atom. The Morgan fingerprint density at radius 1 is 0.885 bits per heavy atom. The third-order valence-corrected chi connectivity index (χ3v) is 5.42. The fourth-order valence-corrected chi connectivity index (χ4v) is 3.62. The van der Waals surface area contributed by atoms with Crippen LogP contribution in [-0.2, 0) is 0 Å². The Labute approximate surface area is 163 Å². The van der Waals surface area contributed by atoms with Crippen molar-refractivity contribution in [1.82, 2.24) is 0 Å². The highest BCUT2D eigenvalue weighted by Gasteiger charge is 2.30. The van der Waals surface area contributed by atoms with Gasteiger partial charge in [0.2, 0.25) is 0 Å². The maximum absolute atomic E-state index is 6.37. The molecular formula is C22H18Cl2N2. The van der Waals surface area contributed by atoms with Gasteiger partial charge in [-0.1, -0.05) is 71.7 Å². The lowest BCUT2D eigenvalue weighted by Gasteiger charge is -2.26. The lowest BCUT2D eigenvalue weighted by Crippen LogP contribution is -2.19. The second kappa shape index (κ2) is 7.14. The molecule has 0 amide bonds. The Kier molecular flexibility index (Phi) is 4.71. The SMILES string of the molecule is Cc1c(Cl)cccc1N1N=C(c2ccccc2)CC1c1ccc(Cl)cc1. The van der Waals surface area contributed by atoms with Gasteiger partial charge in [-0.25, -0.2) is 0 Å². The average molecular weight is 381 g/mol. The van der Waals surface area contributed by atoms with Crippen LogP contribution in [0.25, 0.3) is 0 Å². The molecule has 4 rings (SSSR count). The smallest absolute Gasteiger partial charge is 0.0831 e. The maximum atomic E-state index is 6.37. The molecule has 0 aromatic heterocycles. The molecule has 3 aromatic carbocycles. The van der Waals surface area contributed by atoms with Gasteiger partial charge in [-0.3, -0.25) is 5.01 Å². The van der Waals surface area contributed by atoms with E-state index < -0.39 is 0 Å². The number of hydrogen-bond donors (Lipinski definition) is 0. The van der Waals surface area contributed by atoms with Crippen molar-refractivity contribution in [3.05, 3.63) is 99.5 Å². The summed E-state index contributed by atoms with van der Waals surface area (Å²) in [7, 11) is 0. The van der Waals surface area contributed by atoms with Gasteiger partial charge in [0.15, 0.2) is 0 Å². The topological polar surface area (TPSA) is 15.6 Å². The zero-order valence-electron chi connectivity index (χ0n) is 14.4. The van der Waals surface area contributed by atoms with Gasteiger partial charge >= 0.3 is 0 Å². The minimum Gasteiger partial charge on any atom is -0.257 e. The maximum Gasteiger partial charge on any atom is 0.0831 e. The van der Waals surface area contributed by atoms with Crippen LogP contribution >= 0.6 is 23.2 Å². The van der Waals surface area contributed by atoms with Gasteiger partial charge in [-0.05, 0) is 47.9 Å². The zero-order valence-corrected chi connectivity index (χ0v) is 15.9. The fraction of sp³-hybridized carbons (Fsp3) is 0.136. The summed E-state index contributed by atoms with van der Waals surface area (Å²) in [6.07, 6.45) is 0.831. The van der Waals surface area contributed by atoms with Gasteiger partial charge in [-0.2, -0.15) is 5.10 Å². The molecule has 0 radical (unpaired) electrons. The molecule has 1 heterocycles. The highest BCUT2D eigenvalue weighted by molar-refractivity contribution is 6.31. The summed E-state index contributed by atoms with van der Waals surface area (Å²) in [6.45, 7) is 2.03. The molecule has 0 aliphatic carbocycles. The van der Waals surface area contributed by atoms with E-state index >= 15 is 0 Å². The molecule has 0 saturated carbocycles. The summed E-state index contributed by atoms with van der Waals surface area (Å²) in [5, 5.41) is 8.55. The van der Waals surface area contributed by atoms with E-state index in [1.165, 1.54) is 5.56 Å². The van der Waals surface area contributed by atoms with Crippen molar-refractivity contribution in [2.75, 3.05) is 5.01 Å². The largest absolute Gasteiger partial charge is 0.257 e. The molecule has 1 atom stereocenters. The van der Waals surface area contributed by atoms with Gasteiger partial charge < -0.3 is 0 Å². The standard InChI is InChI=1S/C22H18Cl2N2/c1-15-19(24)8-5-9-21(15)26-22(17-10-12-18(23)13-11-17)14-20(25-26)16-6-3-2-4-7-16/h2-13,22H,14H2,1H3.